The number of rotatable bonds is 3. The van der Waals surface area contributed by atoms with Crippen LogP contribution in [0.2, 0.25) is 0 Å². The van der Waals surface area contributed by atoms with Gasteiger partial charge in [0.1, 0.15) is 0 Å². The van der Waals surface area contributed by atoms with E-state index in [-0.39, 0.29) is 11.3 Å². The summed E-state index contributed by atoms with van der Waals surface area (Å²) < 4.78 is 1.80. The lowest BCUT2D eigenvalue weighted by molar-refractivity contribution is -0.124. The average Bonchev–Trinajstić information content (AvgIpc) is 2.91. The standard InChI is InChI=1S/C13H22N4O/c1-5-13(6-7-14-8-13)12(18)15-11-9(2)16-17(4)10(11)3/h14H,5-8H2,1-4H3,(H,15,18). The molecule has 0 aliphatic carbocycles. The van der Waals surface area contributed by atoms with Crippen LogP contribution in [0.25, 0.3) is 0 Å². The molecule has 1 aliphatic heterocycles. The molecule has 0 saturated carbocycles. The summed E-state index contributed by atoms with van der Waals surface area (Å²) in [5.41, 5.74) is 2.48. The van der Waals surface area contributed by atoms with Crippen LogP contribution in [-0.4, -0.2) is 28.8 Å². The van der Waals surface area contributed by atoms with Gasteiger partial charge in [0.25, 0.3) is 0 Å². The van der Waals surface area contributed by atoms with Crippen molar-refractivity contribution >= 4 is 11.6 Å². The van der Waals surface area contributed by atoms with Crippen molar-refractivity contribution in [1.82, 2.24) is 15.1 Å². The molecule has 2 rings (SSSR count). The molecule has 2 heterocycles. The monoisotopic (exact) mass is 250 g/mol. The number of nitrogens with zero attached hydrogens (tertiary/aromatic N) is 2. The van der Waals surface area contributed by atoms with E-state index in [0.29, 0.717) is 0 Å². The molecule has 2 N–H and O–H groups in total. The highest BCUT2D eigenvalue weighted by molar-refractivity contribution is 5.96. The van der Waals surface area contributed by atoms with Gasteiger partial charge in [0, 0.05) is 13.6 Å². The third kappa shape index (κ3) is 2.03. The molecular weight excluding hydrogens is 228 g/mol. The van der Waals surface area contributed by atoms with Crippen molar-refractivity contribution in [2.75, 3.05) is 18.4 Å². The first-order valence-corrected chi connectivity index (χ1v) is 6.52. The minimum absolute atomic E-state index is 0.120. The minimum Gasteiger partial charge on any atom is -0.322 e. The number of carbonyl (C=O) groups excluding carboxylic acids is 1. The van der Waals surface area contributed by atoms with Crippen molar-refractivity contribution < 1.29 is 4.79 Å². The summed E-state index contributed by atoms with van der Waals surface area (Å²) in [6.07, 6.45) is 1.78. The van der Waals surface area contributed by atoms with Gasteiger partial charge in [0.2, 0.25) is 5.91 Å². The van der Waals surface area contributed by atoms with Gasteiger partial charge in [-0.25, -0.2) is 0 Å². The van der Waals surface area contributed by atoms with Crippen LogP contribution in [0.4, 0.5) is 5.69 Å². The lowest BCUT2D eigenvalue weighted by Crippen LogP contribution is -2.37. The molecule has 0 aromatic carbocycles. The zero-order valence-corrected chi connectivity index (χ0v) is 11.6. The molecule has 0 radical (unpaired) electrons. The van der Waals surface area contributed by atoms with Crippen LogP contribution < -0.4 is 10.6 Å². The Morgan fingerprint density at radius 3 is 2.72 bits per heavy atom. The summed E-state index contributed by atoms with van der Waals surface area (Å²) in [6, 6.07) is 0. The molecule has 0 bridgehead atoms. The maximum Gasteiger partial charge on any atom is 0.232 e. The number of carbonyl (C=O) groups is 1. The summed E-state index contributed by atoms with van der Waals surface area (Å²) in [5, 5.41) is 10.7. The molecular formula is C13H22N4O. The predicted molar refractivity (Wildman–Crippen MR) is 71.5 cm³/mol. The number of aromatic nitrogens is 2. The van der Waals surface area contributed by atoms with E-state index in [1.807, 2.05) is 20.9 Å². The Balaban J connectivity index is 2.21. The highest BCUT2D eigenvalue weighted by Crippen LogP contribution is 2.32. The average molecular weight is 250 g/mol. The molecule has 5 heteroatoms. The van der Waals surface area contributed by atoms with Gasteiger partial charge in [-0.15, -0.1) is 0 Å². The Hall–Kier alpha value is -1.36. The number of nitrogens with one attached hydrogen (secondary N) is 2. The summed E-state index contributed by atoms with van der Waals surface area (Å²) >= 11 is 0. The Morgan fingerprint density at radius 2 is 2.28 bits per heavy atom. The molecule has 1 fully saturated rings. The van der Waals surface area contributed by atoms with Crippen LogP contribution in [0.3, 0.4) is 0 Å². The molecule has 1 aliphatic rings. The molecule has 0 spiro atoms. The van der Waals surface area contributed by atoms with Crippen molar-refractivity contribution in [3.05, 3.63) is 11.4 Å². The van der Waals surface area contributed by atoms with Gasteiger partial charge in [-0.1, -0.05) is 6.92 Å². The molecule has 1 aromatic rings. The predicted octanol–water partition coefficient (Wildman–Crippen LogP) is 1.37. The summed E-state index contributed by atoms with van der Waals surface area (Å²) in [5.74, 6) is 0.120. The van der Waals surface area contributed by atoms with Crippen LogP contribution in [-0.2, 0) is 11.8 Å². The number of anilines is 1. The third-order valence-electron chi connectivity index (χ3n) is 4.15. The van der Waals surface area contributed by atoms with Crippen LogP contribution in [0.1, 0.15) is 31.2 Å². The minimum atomic E-state index is -0.255. The van der Waals surface area contributed by atoms with Crippen molar-refractivity contribution in [2.45, 2.75) is 33.6 Å². The van der Waals surface area contributed by atoms with E-state index in [4.69, 9.17) is 0 Å². The summed E-state index contributed by atoms with van der Waals surface area (Å²) in [4.78, 5) is 12.5. The molecule has 1 amide bonds. The van der Waals surface area contributed by atoms with Crippen LogP contribution in [0, 0.1) is 19.3 Å². The van der Waals surface area contributed by atoms with Crippen molar-refractivity contribution in [3.63, 3.8) is 0 Å². The summed E-state index contributed by atoms with van der Waals surface area (Å²) in [6.45, 7) is 7.67. The maximum absolute atomic E-state index is 12.5. The second-order valence-corrected chi connectivity index (χ2v) is 5.18. The van der Waals surface area contributed by atoms with Crippen molar-refractivity contribution in [2.24, 2.45) is 12.5 Å². The van der Waals surface area contributed by atoms with Gasteiger partial charge in [0.15, 0.2) is 0 Å². The highest BCUT2D eigenvalue weighted by Gasteiger charge is 2.39. The van der Waals surface area contributed by atoms with Gasteiger partial charge >= 0.3 is 0 Å². The zero-order valence-electron chi connectivity index (χ0n) is 11.6. The van der Waals surface area contributed by atoms with E-state index in [1.165, 1.54) is 0 Å². The van der Waals surface area contributed by atoms with Gasteiger partial charge < -0.3 is 10.6 Å². The first-order chi connectivity index (χ1) is 8.50. The Morgan fingerprint density at radius 1 is 1.56 bits per heavy atom. The topological polar surface area (TPSA) is 59.0 Å². The zero-order chi connectivity index (χ0) is 13.3. The lowest BCUT2D eigenvalue weighted by Gasteiger charge is -2.25. The van der Waals surface area contributed by atoms with Gasteiger partial charge in [-0.05, 0) is 33.2 Å². The lowest BCUT2D eigenvalue weighted by atomic mass is 9.83. The number of aryl methyl sites for hydroxylation is 2. The van der Waals surface area contributed by atoms with E-state index in [2.05, 4.69) is 22.7 Å². The van der Waals surface area contributed by atoms with Crippen LogP contribution >= 0.6 is 0 Å². The van der Waals surface area contributed by atoms with Crippen molar-refractivity contribution in [1.29, 1.82) is 0 Å². The number of hydrogen-bond acceptors (Lipinski definition) is 3. The van der Waals surface area contributed by atoms with Crippen LogP contribution in [0.5, 0.6) is 0 Å². The van der Waals surface area contributed by atoms with Gasteiger partial charge in [-0.3, -0.25) is 9.48 Å². The number of hydrogen-bond donors (Lipinski definition) is 2. The quantitative estimate of drug-likeness (QED) is 0.851. The van der Waals surface area contributed by atoms with E-state index in [0.717, 1.165) is 43.0 Å². The smallest absolute Gasteiger partial charge is 0.232 e. The normalized spacial score (nSPS) is 23.3. The molecule has 1 unspecified atom stereocenters. The Kier molecular flexibility index (Phi) is 3.43. The highest BCUT2D eigenvalue weighted by atomic mass is 16.2. The first-order valence-electron chi connectivity index (χ1n) is 6.52. The van der Waals surface area contributed by atoms with Crippen molar-refractivity contribution in [3.8, 4) is 0 Å². The largest absolute Gasteiger partial charge is 0.322 e. The number of amides is 1. The van der Waals surface area contributed by atoms with Gasteiger partial charge in [0.05, 0.1) is 22.5 Å². The third-order valence-corrected chi connectivity index (χ3v) is 4.15. The molecule has 5 nitrogen and oxygen atoms in total. The molecule has 1 aromatic heterocycles. The van der Waals surface area contributed by atoms with E-state index in [1.54, 1.807) is 4.68 Å². The first kappa shape index (κ1) is 13.1. The van der Waals surface area contributed by atoms with E-state index >= 15 is 0 Å². The van der Waals surface area contributed by atoms with E-state index < -0.39 is 0 Å². The summed E-state index contributed by atoms with van der Waals surface area (Å²) in [7, 11) is 1.89. The SMILES string of the molecule is CCC1(C(=O)Nc2c(C)nn(C)c2C)CCNC1. The Labute approximate surface area is 108 Å². The molecule has 100 valence electrons. The fourth-order valence-electron chi connectivity index (χ4n) is 2.60. The molecule has 1 atom stereocenters. The maximum atomic E-state index is 12.5. The van der Waals surface area contributed by atoms with Crippen LogP contribution in [0.15, 0.2) is 0 Å². The van der Waals surface area contributed by atoms with E-state index in [9.17, 15) is 4.79 Å². The second-order valence-electron chi connectivity index (χ2n) is 5.18. The Bertz CT molecular complexity index is 458. The fraction of sp³-hybridized carbons (Fsp3) is 0.692. The van der Waals surface area contributed by atoms with Gasteiger partial charge in [-0.2, -0.15) is 5.10 Å². The fourth-order valence-corrected chi connectivity index (χ4v) is 2.60. The second kappa shape index (κ2) is 4.72. The molecule has 18 heavy (non-hydrogen) atoms. The molecule has 1 saturated heterocycles.